The number of guanidine groups is 1. The molecule has 0 bridgehead atoms. The molecule has 6 nitrogen and oxygen atoms in total. The van der Waals surface area contributed by atoms with Crippen molar-refractivity contribution in [2.45, 2.75) is 19.8 Å². The van der Waals surface area contributed by atoms with Crippen molar-refractivity contribution in [3.63, 3.8) is 0 Å². The van der Waals surface area contributed by atoms with E-state index in [2.05, 4.69) is 69.2 Å². The summed E-state index contributed by atoms with van der Waals surface area (Å²) < 4.78 is 0. The van der Waals surface area contributed by atoms with Crippen LogP contribution in [0.1, 0.15) is 24.6 Å². The van der Waals surface area contributed by atoms with Gasteiger partial charge < -0.3 is 20.4 Å². The molecule has 2 heterocycles. The Hall–Kier alpha value is -1.81. The third-order valence-electron chi connectivity index (χ3n) is 5.07. The molecule has 0 aliphatic carbocycles. The van der Waals surface area contributed by atoms with Gasteiger partial charge in [-0.05, 0) is 30.5 Å². The summed E-state index contributed by atoms with van der Waals surface area (Å²) in [4.78, 5) is 22.7. The van der Waals surface area contributed by atoms with Crippen LogP contribution in [-0.2, 0) is 4.79 Å². The van der Waals surface area contributed by atoms with Gasteiger partial charge in [0.15, 0.2) is 5.96 Å². The van der Waals surface area contributed by atoms with Crippen LogP contribution in [-0.4, -0.2) is 62.6 Å². The number of rotatable bonds is 7. The molecule has 1 atom stereocenters. The van der Waals surface area contributed by atoms with Gasteiger partial charge in [-0.15, -0.1) is 35.3 Å². The average Bonchev–Trinajstić information content (AvgIpc) is 3.31. The van der Waals surface area contributed by atoms with E-state index in [1.807, 2.05) is 17.9 Å². The van der Waals surface area contributed by atoms with Crippen molar-refractivity contribution in [2.24, 2.45) is 4.99 Å². The number of benzene rings is 1. The van der Waals surface area contributed by atoms with Gasteiger partial charge in [-0.25, -0.2) is 4.99 Å². The van der Waals surface area contributed by atoms with Gasteiger partial charge in [0.1, 0.15) is 6.54 Å². The van der Waals surface area contributed by atoms with Crippen LogP contribution in [0.15, 0.2) is 52.8 Å². The summed E-state index contributed by atoms with van der Waals surface area (Å²) >= 11 is 1.77. The third-order valence-corrected chi connectivity index (χ3v) is 6.18. The normalized spacial score (nSPS) is 15.3. The van der Waals surface area contributed by atoms with Crippen molar-refractivity contribution in [1.82, 2.24) is 15.5 Å². The lowest BCUT2D eigenvalue weighted by atomic mass is 10.1. The third kappa shape index (κ3) is 7.16. The first-order valence-electron chi connectivity index (χ1n) is 10.3. The van der Waals surface area contributed by atoms with E-state index in [1.54, 1.807) is 11.3 Å². The summed E-state index contributed by atoms with van der Waals surface area (Å²) in [5, 5.41) is 8.69. The molecule has 1 unspecified atom stereocenters. The SMILES string of the molecule is CCNC(=NCC(=O)N1CCN(c2ccccc2)CC1)NCC(C)c1cccs1.I. The van der Waals surface area contributed by atoms with Crippen LogP contribution in [0.5, 0.6) is 0 Å². The molecule has 30 heavy (non-hydrogen) atoms. The molecule has 3 rings (SSSR count). The average molecular weight is 542 g/mol. The van der Waals surface area contributed by atoms with Gasteiger partial charge >= 0.3 is 0 Å². The zero-order chi connectivity index (χ0) is 20.5. The predicted octanol–water partition coefficient (Wildman–Crippen LogP) is 3.37. The molecular weight excluding hydrogens is 509 g/mol. The van der Waals surface area contributed by atoms with E-state index >= 15 is 0 Å². The number of halogens is 1. The second kappa shape index (κ2) is 12.8. The Morgan fingerprint density at radius 2 is 1.83 bits per heavy atom. The standard InChI is InChI=1S/C22H31N5OS.HI/c1-3-23-22(24-16-18(2)20-10-7-15-29-20)25-17-21(28)27-13-11-26(12-14-27)19-8-5-4-6-9-19;/h4-10,15,18H,3,11-14,16-17H2,1-2H3,(H2,23,24,25);1H. The number of amides is 1. The molecule has 1 aliphatic heterocycles. The first-order chi connectivity index (χ1) is 14.2. The van der Waals surface area contributed by atoms with E-state index < -0.39 is 0 Å². The largest absolute Gasteiger partial charge is 0.368 e. The van der Waals surface area contributed by atoms with Gasteiger partial charge in [-0.3, -0.25) is 4.79 Å². The fraction of sp³-hybridized carbons (Fsp3) is 0.455. The van der Waals surface area contributed by atoms with Gasteiger partial charge in [-0.1, -0.05) is 31.2 Å². The van der Waals surface area contributed by atoms with Crippen LogP contribution in [0.3, 0.4) is 0 Å². The van der Waals surface area contributed by atoms with Crippen molar-refractivity contribution < 1.29 is 4.79 Å². The van der Waals surface area contributed by atoms with Crippen molar-refractivity contribution in [3.8, 4) is 0 Å². The molecule has 0 spiro atoms. The predicted molar refractivity (Wildman–Crippen MR) is 137 cm³/mol. The van der Waals surface area contributed by atoms with Gasteiger partial charge in [0, 0.05) is 55.8 Å². The smallest absolute Gasteiger partial charge is 0.244 e. The molecule has 1 aromatic carbocycles. The minimum atomic E-state index is 0. The number of aliphatic imine (C=N–C) groups is 1. The number of hydrogen-bond donors (Lipinski definition) is 2. The van der Waals surface area contributed by atoms with Gasteiger partial charge in [0.2, 0.25) is 5.91 Å². The summed E-state index contributed by atoms with van der Waals surface area (Å²) in [5.74, 6) is 1.19. The Kier molecular flexibility index (Phi) is 10.4. The number of anilines is 1. The van der Waals surface area contributed by atoms with Crippen molar-refractivity contribution >= 4 is 52.9 Å². The lowest BCUT2D eigenvalue weighted by molar-refractivity contribution is -0.129. The molecule has 1 fully saturated rings. The molecule has 164 valence electrons. The van der Waals surface area contributed by atoms with E-state index in [9.17, 15) is 4.79 Å². The minimum Gasteiger partial charge on any atom is -0.368 e. The molecule has 1 aliphatic rings. The highest BCUT2D eigenvalue weighted by Gasteiger charge is 2.21. The van der Waals surface area contributed by atoms with Crippen molar-refractivity contribution in [3.05, 3.63) is 52.7 Å². The molecule has 2 N–H and O–H groups in total. The molecule has 2 aromatic rings. The van der Waals surface area contributed by atoms with Crippen molar-refractivity contribution in [2.75, 3.05) is 50.7 Å². The highest BCUT2D eigenvalue weighted by Crippen LogP contribution is 2.19. The van der Waals surface area contributed by atoms with Crippen LogP contribution in [0, 0.1) is 0 Å². The molecule has 0 radical (unpaired) electrons. The lowest BCUT2D eigenvalue weighted by Crippen LogP contribution is -2.49. The number of hydrogen-bond acceptors (Lipinski definition) is 4. The van der Waals surface area contributed by atoms with E-state index in [4.69, 9.17) is 0 Å². The summed E-state index contributed by atoms with van der Waals surface area (Å²) in [5.41, 5.74) is 1.22. The zero-order valence-corrected chi connectivity index (χ0v) is 20.9. The maximum Gasteiger partial charge on any atom is 0.244 e. The number of carbonyl (C=O) groups excluding carboxylic acids is 1. The van der Waals surface area contributed by atoms with E-state index in [-0.39, 0.29) is 36.4 Å². The van der Waals surface area contributed by atoms with E-state index in [1.165, 1.54) is 10.6 Å². The van der Waals surface area contributed by atoms with Gasteiger partial charge in [0.05, 0.1) is 0 Å². The Labute approximate surface area is 200 Å². The van der Waals surface area contributed by atoms with Crippen LogP contribution in [0.2, 0.25) is 0 Å². The van der Waals surface area contributed by atoms with Crippen LogP contribution in [0.25, 0.3) is 0 Å². The zero-order valence-electron chi connectivity index (χ0n) is 17.7. The van der Waals surface area contributed by atoms with E-state index in [0.717, 1.165) is 39.3 Å². The Balaban J connectivity index is 0.00000320. The quantitative estimate of drug-likeness (QED) is 0.321. The fourth-order valence-electron chi connectivity index (χ4n) is 3.36. The molecule has 1 amide bonds. The van der Waals surface area contributed by atoms with Crippen LogP contribution >= 0.6 is 35.3 Å². The van der Waals surface area contributed by atoms with E-state index in [0.29, 0.717) is 11.9 Å². The highest BCUT2D eigenvalue weighted by molar-refractivity contribution is 14.0. The number of nitrogens with one attached hydrogen (secondary N) is 2. The number of thiophene rings is 1. The molecule has 1 aromatic heterocycles. The number of para-hydroxylation sites is 1. The maximum atomic E-state index is 12.6. The minimum absolute atomic E-state index is 0. The first-order valence-corrected chi connectivity index (χ1v) is 11.2. The molecule has 0 saturated carbocycles. The lowest BCUT2D eigenvalue weighted by Gasteiger charge is -2.36. The summed E-state index contributed by atoms with van der Waals surface area (Å²) in [6.07, 6.45) is 0. The number of nitrogens with zero attached hydrogens (tertiary/aromatic N) is 3. The second-order valence-electron chi connectivity index (χ2n) is 7.20. The molecule has 1 saturated heterocycles. The van der Waals surface area contributed by atoms with Gasteiger partial charge in [-0.2, -0.15) is 0 Å². The maximum absolute atomic E-state index is 12.6. The Morgan fingerprint density at radius 1 is 1.10 bits per heavy atom. The number of carbonyl (C=O) groups is 1. The monoisotopic (exact) mass is 541 g/mol. The Bertz CT molecular complexity index is 776. The molecular formula is C22H32IN5OS. The topological polar surface area (TPSA) is 60.0 Å². The fourth-order valence-corrected chi connectivity index (χ4v) is 4.15. The summed E-state index contributed by atoms with van der Waals surface area (Å²) in [6.45, 7) is 9.15. The second-order valence-corrected chi connectivity index (χ2v) is 8.18. The number of piperazine rings is 1. The van der Waals surface area contributed by atoms with Crippen molar-refractivity contribution in [1.29, 1.82) is 0 Å². The molecule has 8 heteroatoms. The summed E-state index contributed by atoms with van der Waals surface area (Å²) in [7, 11) is 0. The van der Waals surface area contributed by atoms with Crippen LogP contribution < -0.4 is 15.5 Å². The van der Waals surface area contributed by atoms with Gasteiger partial charge in [0.25, 0.3) is 0 Å². The first kappa shape index (κ1) is 24.5. The summed E-state index contributed by atoms with van der Waals surface area (Å²) in [6, 6.07) is 14.6. The van der Waals surface area contributed by atoms with Crippen LogP contribution in [0.4, 0.5) is 5.69 Å². The highest BCUT2D eigenvalue weighted by atomic mass is 127. The Morgan fingerprint density at radius 3 is 2.47 bits per heavy atom.